The lowest BCUT2D eigenvalue weighted by Crippen LogP contribution is -2.62. The summed E-state index contributed by atoms with van der Waals surface area (Å²) >= 11 is 0. The number of benzene rings is 1. The summed E-state index contributed by atoms with van der Waals surface area (Å²) < 4.78 is 57.1. The fourth-order valence-corrected chi connectivity index (χ4v) is 5.95. The average molecular weight is 452 g/mol. The van der Waals surface area contributed by atoms with Gasteiger partial charge in [0.1, 0.15) is 23.8 Å². The lowest BCUT2D eigenvalue weighted by Gasteiger charge is -2.55. The van der Waals surface area contributed by atoms with Gasteiger partial charge >= 0.3 is 0 Å². The number of nitrogens with zero attached hydrogens (tertiary/aromatic N) is 4. The molecule has 0 amide bonds. The largest absolute Gasteiger partial charge is 0.369 e. The minimum atomic E-state index is -4.48. The standard InChI is InChI=1S/C21H27F2N5O2S/c1-27(2)21(15-5-3-6-15)8-4-10-28(13-21)16-11-17(22)20(18(23)12-16)31(29,30)26-19-7-9-24-14-25-19/h7,9,11-12,14-15H,3-6,8,10,13H2,1-2H3,(H,24,25,26)/t21-/m1/s1. The quantitative estimate of drug-likeness (QED) is 0.727. The molecular formula is C21H27F2N5O2S. The first-order chi connectivity index (χ1) is 14.7. The van der Waals surface area contributed by atoms with Crippen LogP contribution in [0.15, 0.2) is 35.6 Å². The van der Waals surface area contributed by atoms with E-state index in [1.165, 1.54) is 31.5 Å². The number of hydrogen-bond donors (Lipinski definition) is 1. The summed E-state index contributed by atoms with van der Waals surface area (Å²) in [6.07, 6.45) is 7.98. The van der Waals surface area contributed by atoms with Crippen molar-refractivity contribution in [2.45, 2.75) is 42.5 Å². The number of likely N-dealkylation sites (N-methyl/N-ethyl adjacent to an activating group) is 1. The smallest absolute Gasteiger partial charge is 0.268 e. The zero-order valence-electron chi connectivity index (χ0n) is 17.7. The molecule has 7 nitrogen and oxygen atoms in total. The molecule has 1 N–H and O–H groups in total. The van der Waals surface area contributed by atoms with E-state index in [0.717, 1.165) is 31.3 Å². The molecule has 1 saturated heterocycles. The van der Waals surface area contributed by atoms with Gasteiger partial charge in [0.25, 0.3) is 10.0 Å². The summed E-state index contributed by atoms with van der Waals surface area (Å²) in [6, 6.07) is 3.53. The van der Waals surface area contributed by atoms with Crippen LogP contribution in [0.5, 0.6) is 0 Å². The zero-order chi connectivity index (χ0) is 22.2. The van der Waals surface area contributed by atoms with E-state index in [4.69, 9.17) is 0 Å². The Hall–Kier alpha value is -2.33. The number of hydrogen-bond acceptors (Lipinski definition) is 6. The van der Waals surface area contributed by atoms with Crippen molar-refractivity contribution in [2.75, 3.05) is 36.8 Å². The molecule has 1 saturated carbocycles. The Morgan fingerprint density at radius 3 is 2.45 bits per heavy atom. The average Bonchev–Trinajstić information content (AvgIpc) is 2.66. The van der Waals surface area contributed by atoms with E-state index in [2.05, 4.69) is 33.7 Å². The van der Waals surface area contributed by atoms with Crippen molar-refractivity contribution in [1.82, 2.24) is 14.9 Å². The normalized spacial score (nSPS) is 22.4. The number of anilines is 2. The van der Waals surface area contributed by atoms with Crippen LogP contribution < -0.4 is 9.62 Å². The van der Waals surface area contributed by atoms with E-state index in [1.54, 1.807) is 0 Å². The van der Waals surface area contributed by atoms with Crippen LogP contribution in [0, 0.1) is 17.6 Å². The molecule has 0 radical (unpaired) electrons. The first-order valence-corrected chi connectivity index (χ1v) is 11.9. The molecule has 1 aromatic heterocycles. The molecule has 2 aromatic rings. The first kappa shape index (κ1) is 21.9. The van der Waals surface area contributed by atoms with Crippen molar-refractivity contribution in [3.63, 3.8) is 0 Å². The van der Waals surface area contributed by atoms with Gasteiger partial charge in [0.15, 0.2) is 4.90 Å². The van der Waals surface area contributed by atoms with E-state index in [0.29, 0.717) is 24.7 Å². The Morgan fingerprint density at radius 1 is 1.19 bits per heavy atom. The lowest BCUT2D eigenvalue weighted by molar-refractivity contribution is 0.0188. The molecule has 1 atom stereocenters. The van der Waals surface area contributed by atoms with Gasteiger partial charge in [-0.25, -0.2) is 27.2 Å². The van der Waals surface area contributed by atoms with Crippen LogP contribution in [0.3, 0.4) is 0 Å². The number of nitrogens with one attached hydrogen (secondary N) is 1. The summed E-state index contributed by atoms with van der Waals surface area (Å²) in [5, 5.41) is 0. The Labute approximate surface area is 181 Å². The maximum Gasteiger partial charge on any atom is 0.268 e. The van der Waals surface area contributed by atoms with Crippen molar-refractivity contribution in [3.8, 4) is 0 Å². The van der Waals surface area contributed by atoms with Crippen molar-refractivity contribution < 1.29 is 17.2 Å². The van der Waals surface area contributed by atoms with Gasteiger partial charge in [-0.15, -0.1) is 0 Å². The van der Waals surface area contributed by atoms with E-state index in [9.17, 15) is 17.2 Å². The number of aromatic nitrogens is 2. The minimum Gasteiger partial charge on any atom is -0.369 e. The van der Waals surface area contributed by atoms with Crippen molar-refractivity contribution in [2.24, 2.45) is 5.92 Å². The molecule has 1 aliphatic heterocycles. The third-order valence-electron chi connectivity index (χ3n) is 6.70. The molecule has 2 fully saturated rings. The highest BCUT2D eigenvalue weighted by Gasteiger charge is 2.46. The third kappa shape index (κ3) is 4.10. The maximum absolute atomic E-state index is 14.9. The predicted molar refractivity (Wildman–Crippen MR) is 114 cm³/mol. The van der Waals surface area contributed by atoms with Crippen LogP contribution >= 0.6 is 0 Å². The fourth-order valence-electron chi connectivity index (χ4n) is 4.82. The second kappa shape index (κ2) is 8.31. The van der Waals surface area contributed by atoms with Gasteiger partial charge in [0, 0.05) is 30.5 Å². The SMILES string of the molecule is CN(C)[C@]1(C2CCC2)CCCN(c2cc(F)c(S(=O)(=O)Nc3ccncn3)c(F)c2)C1. The van der Waals surface area contributed by atoms with E-state index in [1.807, 2.05) is 4.90 Å². The van der Waals surface area contributed by atoms with Gasteiger partial charge in [-0.2, -0.15) is 0 Å². The Balaban J connectivity index is 1.62. The fraction of sp³-hybridized carbons (Fsp3) is 0.524. The van der Waals surface area contributed by atoms with Crippen LogP contribution in [0.4, 0.5) is 20.3 Å². The third-order valence-corrected chi connectivity index (χ3v) is 8.10. The number of sulfonamides is 1. The molecule has 0 unspecified atom stereocenters. The van der Waals surface area contributed by atoms with Gasteiger partial charge < -0.3 is 9.80 Å². The van der Waals surface area contributed by atoms with Crippen molar-refractivity contribution in [3.05, 3.63) is 42.4 Å². The number of piperidine rings is 1. The van der Waals surface area contributed by atoms with Crippen LogP contribution in [0.25, 0.3) is 0 Å². The first-order valence-electron chi connectivity index (χ1n) is 10.4. The second-order valence-corrected chi connectivity index (χ2v) is 10.2. The van der Waals surface area contributed by atoms with Crippen LogP contribution in [-0.4, -0.2) is 56.0 Å². The molecule has 4 rings (SSSR count). The molecular weight excluding hydrogens is 424 g/mol. The molecule has 0 spiro atoms. The Morgan fingerprint density at radius 2 is 1.90 bits per heavy atom. The van der Waals surface area contributed by atoms with Gasteiger partial charge in [0.05, 0.1) is 0 Å². The number of halogens is 2. The Bertz CT molecular complexity index is 1020. The maximum atomic E-state index is 14.9. The van der Waals surface area contributed by atoms with E-state index < -0.39 is 26.6 Å². The van der Waals surface area contributed by atoms with Gasteiger partial charge in [-0.3, -0.25) is 4.72 Å². The number of rotatable bonds is 6. The highest BCUT2D eigenvalue weighted by Crippen LogP contribution is 2.44. The molecule has 10 heteroatoms. The monoisotopic (exact) mass is 451 g/mol. The van der Waals surface area contributed by atoms with Gasteiger partial charge in [-0.05, 0) is 63.9 Å². The second-order valence-electron chi connectivity index (χ2n) is 8.59. The van der Waals surface area contributed by atoms with Gasteiger partial charge in [-0.1, -0.05) is 6.42 Å². The molecule has 1 aliphatic carbocycles. The molecule has 0 bridgehead atoms. The summed E-state index contributed by atoms with van der Waals surface area (Å²) in [5.74, 6) is -1.75. The van der Waals surface area contributed by atoms with E-state index >= 15 is 0 Å². The van der Waals surface area contributed by atoms with Crippen LogP contribution in [-0.2, 0) is 10.0 Å². The highest BCUT2D eigenvalue weighted by atomic mass is 32.2. The predicted octanol–water partition coefficient (Wildman–Crippen LogP) is 3.26. The molecule has 31 heavy (non-hydrogen) atoms. The Kier molecular flexibility index (Phi) is 5.87. The van der Waals surface area contributed by atoms with Gasteiger partial charge in [0.2, 0.25) is 0 Å². The van der Waals surface area contributed by atoms with E-state index in [-0.39, 0.29) is 11.4 Å². The summed E-state index contributed by atoms with van der Waals surface area (Å²) in [6.45, 7) is 1.33. The summed E-state index contributed by atoms with van der Waals surface area (Å²) in [5.41, 5.74) is 0.323. The summed E-state index contributed by atoms with van der Waals surface area (Å²) in [4.78, 5) is 10.6. The van der Waals surface area contributed by atoms with Crippen molar-refractivity contribution in [1.29, 1.82) is 0 Å². The topological polar surface area (TPSA) is 78.4 Å². The zero-order valence-corrected chi connectivity index (χ0v) is 18.5. The lowest BCUT2D eigenvalue weighted by atomic mass is 9.66. The van der Waals surface area contributed by atoms with Crippen molar-refractivity contribution >= 4 is 21.5 Å². The highest BCUT2D eigenvalue weighted by molar-refractivity contribution is 7.92. The molecule has 168 valence electrons. The molecule has 1 aromatic carbocycles. The minimum absolute atomic E-state index is 0.0389. The summed E-state index contributed by atoms with van der Waals surface area (Å²) in [7, 11) is -0.350. The molecule has 2 heterocycles. The molecule has 2 aliphatic rings. The van der Waals surface area contributed by atoms with Crippen LogP contribution in [0.2, 0.25) is 0 Å². The van der Waals surface area contributed by atoms with Crippen LogP contribution in [0.1, 0.15) is 32.1 Å².